The van der Waals surface area contributed by atoms with Gasteiger partial charge in [-0.3, -0.25) is 4.98 Å². The van der Waals surface area contributed by atoms with Crippen LogP contribution in [-0.4, -0.2) is 54.4 Å². The molecule has 2 fully saturated rings. The van der Waals surface area contributed by atoms with Crippen LogP contribution < -0.4 is 4.90 Å². The van der Waals surface area contributed by atoms with E-state index in [9.17, 15) is 4.79 Å². The highest BCUT2D eigenvalue weighted by Gasteiger charge is 2.40. The van der Waals surface area contributed by atoms with Gasteiger partial charge in [0.2, 0.25) is 0 Å². The van der Waals surface area contributed by atoms with Crippen LogP contribution in [-0.2, 0) is 16.1 Å². The van der Waals surface area contributed by atoms with E-state index in [1.807, 2.05) is 53.4 Å². The normalized spacial score (nSPS) is 20.8. The number of benzene rings is 2. The molecule has 1 amide bonds. The van der Waals surface area contributed by atoms with Crippen LogP contribution in [0.25, 0.3) is 10.9 Å². The molecule has 0 N–H and O–H groups in total. The van der Waals surface area contributed by atoms with Crippen molar-refractivity contribution in [2.24, 2.45) is 0 Å². The Morgan fingerprint density at radius 2 is 2.06 bits per heavy atom. The number of nitrogens with zero attached hydrogens (tertiary/aromatic N) is 3. The number of rotatable bonds is 3. The van der Waals surface area contributed by atoms with Crippen molar-refractivity contribution in [3.05, 3.63) is 69.8 Å². The zero-order valence-corrected chi connectivity index (χ0v) is 19.8. The van der Waals surface area contributed by atoms with Crippen molar-refractivity contribution >= 4 is 50.2 Å². The maximum Gasteiger partial charge on any atom is 0.410 e. The third-order valence-corrected chi connectivity index (χ3v) is 6.87. The highest BCUT2D eigenvalue weighted by atomic mass is 79.9. The first kappa shape index (κ1) is 21.5. The van der Waals surface area contributed by atoms with Crippen LogP contribution >= 0.6 is 27.5 Å². The lowest BCUT2D eigenvalue weighted by Gasteiger charge is -2.47. The molecule has 3 aromatic rings. The third-order valence-electron chi connectivity index (χ3n) is 6.10. The largest absolute Gasteiger partial charge is 0.445 e. The van der Waals surface area contributed by atoms with Crippen LogP contribution in [0.4, 0.5) is 10.5 Å². The summed E-state index contributed by atoms with van der Waals surface area (Å²) in [5, 5.41) is 1.62. The maximum atomic E-state index is 12.8. The molecule has 0 bridgehead atoms. The van der Waals surface area contributed by atoms with Gasteiger partial charge >= 0.3 is 6.09 Å². The minimum atomic E-state index is -0.281. The molecular weight excluding hydrogens is 494 g/mol. The summed E-state index contributed by atoms with van der Waals surface area (Å²) in [7, 11) is 0. The third kappa shape index (κ3) is 4.29. The monoisotopic (exact) mass is 515 g/mol. The predicted molar refractivity (Wildman–Crippen MR) is 128 cm³/mol. The maximum absolute atomic E-state index is 12.8. The van der Waals surface area contributed by atoms with E-state index in [-0.39, 0.29) is 24.8 Å². The van der Waals surface area contributed by atoms with Gasteiger partial charge in [-0.1, -0.05) is 57.9 Å². The van der Waals surface area contributed by atoms with Gasteiger partial charge in [0.1, 0.15) is 6.61 Å². The van der Waals surface area contributed by atoms with E-state index in [4.69, 9.17) is 21.1 Å². The molecule has 6 nitrogen and oxygen atoms in total. The number of morpholine rings is 1. The molecule has 0 spiro atoms. The quantitative estimate of drug-likeness (QED) is 0.475. The molecule has 0 saturated carbocycles. The molecule has 1 aromatic heterocycles. The van der Waals surface area contributed by atoms with Crippen LogP contribution in [0.15, 0.2) is 59.2 Å². The molecule has 2 aliphatic rings. The van der Waals surface area contributed by atoms with E-state index in [1.54, 1.807) is 6.20 Å². The molecule has 8 heteroatoms. The Morgan fingerprint density at radius 1 is 1.22 bits per heavy atom. The average molecular weight is 517 g/mol. The van der Waals surface area contributed by atoms with Gasteiger partial charge in [0, 0.05) is 35.7 Å². The number of carbonyl (C=O) groups is 1. The van der Waals surface area contributed by atoms with Gasteiger partial charge in [0.25, 0.3) is 0 Å². The first-order valence-corrected chi connectivity index (χ1v) is 11.8. The molecule has 166 valence electrons. The van der Waals surface area contributed by atoms with E-state index in [1.165, 1.54) is 0 Å². The fraction of sp³-hybridized carbons (Fsp3) is 0.333. The van der Waals surface area contributed by atoms with Crippen molar-refractivity contribution in [2.75, 3.05) is 31.1 Å². The average Bonchev–Trinajstić information content (AvgIpc) is 2.82. The van der Waals surface area contributed by atoms with Gasteiger partial charge in [-0.05, 0) is 30.2 Å². The van der Waals surface area contributed by atoms with Crippen LogP contribution in [0.3, 0.4) is 0 Å². The summed E-state index contributed by atoms with van der Waals surface area (Å²) in [4.78, 5) is 21.4. The number of piperidine rings is 1. The molecule has 2 aromatic carbocycles. The summed E-state index contributed by atoms with van der Waals surface area (Å²) in [6.07, 6.45) is 2.10. The number of ether oxygens (including phenoxy) is 2. The fourth-order valence-corrected chi connectivity index (χ4v) is 5.20. The second-order valence-corrected chi connectivity index (χ2v) is 9.38. The number of fused-ring (bicyclic) bond motifs is 2. The van der Waals surface area contributed by atoms with Crippen molar-refractivity contribution in [2.45, 2.75) is 25.2 Å². The topological polar surface area (TPSA) is 54.9 Å². The van der Waals surface area contributed by atoms with Gasteiger partial charge in [-0.15, -0.1) is 0 Å². The standard InChI is InChI=1S/C24H23BrClN3O3/c25-17-6-7-20-18(12-17)23(19(26)13-27-20)28-9-8-21-22(14-28)31-11-10-29(21)24(30)32-15-16-4-2-1-3-5-16/h1-7,12-13,21-22H,8-11,14-15H2/t21-,22-/m0/s1. The number of pyridine rings is 1. The lowest BCUT2D eigenvalue weighted by Crippen LogP contribution is -2.60. The first-order valence-electron chi connectivity index (χ1n) is 10.7. The second-order valence-electron chi connectivity index (χ2n) is 8.06. The molecule has 0 radical (unpaired) electrons. The highest BCUT2D eigenvalue weighted by Crippen LogP contribution is 2.37. The molecule has 5 rings (SSSR count). The van der Waals surface area contributed by atoms with Crippen molar-refractivity contribution < 1.29 is 14.3 Å². The van der Waals surface area contributed by atoms with E-state index in [2.05, 4.69) is 25.8 Å². The van der Waals surface area contributed by atoms with Crippen LogP contribution in [0.1, 0.15) is 12.0 Å². The van der Waals surface area contributed by atoms with E-state index < -0.39 is 0 Å². The molecule has 32 heavy (non-hydrogen) atoms. The SMILES string of the molecule is O=C(OCc1ccccc1)N1CCO[C@H]2CN(c3c(Cl)cnc4ccc(Br)cc34)CC[C@@H]21. The Balaban J connectivity index is 1.32. The molecule has 2 saturated heterocycles. The van der Waals surface area contributed by atoms with Crippen molar-refractivity contribution in [1.29, 1.82) is 0 Å². The zero-order valence-electron chi connectivity index (χ0n) is 17.4. The Morgan fingerprint density at radius 3 is 2.91 bits per heavy atom. The lowest BCUT2D eigenvalue weighted by atomic mass is 9.97. The summed E-state index contributed by atoms with van der Waals surface area (Å²) in [6, 6.07) is 15.7. The lowest BCUT2D eigenvalue weighted by molar-refractivity contribution is -0.0709. The zero-order chi connectivity index (χ0) is 22.1. The van der Waals surface area contributed by atoms with Crippen LogP contribution in [0.2, 0.25) is 5.02 Å². The van der Waals surface area contributed by atoms with Gasteiger partial charge < -0.3 is 19.3 Å². The smallest absolute Gasteiger partial charge is 0.410 e. The van der Waals surface area contributed by atoms with Gasteiger partial charge in [0.05, 0.1) is 35.0 Å². The second kappa shape index (κ2) is 9.25. The van der Waals surface area contributed by atoms with Crippen LogP contribution in [0, 0.1) is 0 Å². The van der Waals surface area contributed by atoms with Gasteiger partial charge in [-0.25, -0.2) is 4.79 Å². The fourth-order valence-electron chi connectivity index (χ4n) is 4.57. The summed E-state index contributed by atoms with van der Waals surface area (Å²) >= 11 is 10.2. The van der Waals surface area contributed by atoms with Gasteiger partial charge in [0.15, 0.2) is 0 Å². The molecule has 2 aliphatic heterocycles. The highest BCUT2D eigenvalue weighted by molar-refractivity contribution is 9.10. The molecular formula is C24H23BrClN3O3. The Hall–Kier alpha value is -2.35. The number of hydrogen-bond donors (Lipinski definition) is 0. The molecule has 2 atom stereocenters. The molecule has 0 aliphatic carbocycles. The molecule has 3 heterocycles. The van der Waals surface area contributed by atoms with E-state index in [0.29, 0.717) is 24.7 Å². The minimum Gasteiger partial charge on any atom is -0.445 e. The number of amides is 1. The number of aromatic nitrogens is 1. The number of hydrogen-bond acceptors (Lipinski definition) is 5. The Labute approximate surface area is 200 Å². The predicted octanol–water partition coefficient (Wildman–Crippen LogP) is 5.27. The van der Waals surface area contributed by atoms with Crippen molar-refractivity contribution in [3.63, 3.8) is 0 Å². The number of anilines is 1. The minimum absolute atomic E-state index is 0.0121. The van der Waals surface area contributed by atoms with Crippen LogP contribution in [0.5, 0.6) is 0 Å². The Kier molecular flexibility index (Phi) is 6.22. The van der Waals surface area contributed by atoms with E-state index in [0.717, 1.165) is 39.6 Å². The number of carbonyl (C=O) groups excluding carboxylic acids is 1. The Bertz CT molecular complexity index is 1120. The van der Waals surface area contributed by atoms with Crippen molar-refractivity contribution in [1.82, 2.24) is 9.88 Å². The van der Waals surface area contributed by atoms with Gasteiger partial charge in [-0.2, -0.15) is 0 Å². The summed E-state index contributed by atoms with van der Waals surface area (Å²) in [6.45, 7) is 2.72. The first-order chi connectivity index (χ1) is 15.6. The van der Waals surface area contributed by atoms with E-state index >= 15 is 0 Å². The summed E-state index contributed by atoms with van der Waals surface area (Å²) < 4.78 is 12.7. The van der Waals surface area contributed by atoms with Crippen molar-refractivity contribution in [3.8, 4) is 0 Å². The molecule has 0 unspecified atom stereocenters. The summed E-state index contributed by atoms with van der Waals surface area (Å²) in [5.74, 6) is 0. The number of halogens is 2. The summed E-state index contributed by atoms with van der Waals surface area (Å²) in [5.41, 5.74) is 2.83.